The molecule has 2 N–H and O–H groups in total. The van der Waals surface area contributed by atoms with Crippen molar-refractivity contribution in [2.45, 2.75) is 50.9 Å². The third-order valence-electron chi connectivity index (χ3n) is 2.90. The Labute approximate surface area is 92.9 Å². The monoisotopic (exact) mass is 219 g/mol. The Bertz CT molecular complexity index is 137. The average molecular weight is 219 g/mol. The Morgan fingerprint density at radius 3 is 2.36 bits per heavy atom. The highest BCUT2D eigenvalue weighted by Crippen LogP contribution is 2.13. The van der Waals surface area contributed by atoms with Crippen molar-refractivity contribution in [3.8, 4) is 0 Å². The summed E-state index contributed by atoms with van der Waals surface area (Å²) in [6, 6.07) is 0. The molecular weight excluding hydrogens is 194 g/mol. The summed E-state index contributed by atoms with van der Waals surface area (Å²) >= 11 is 1.89. The zero-order chi connectivity index (χ0) is 11.0. The summed E-state index contributed by atoms with van der Waals surface area (Å²) in [4.78, 5) is 0. The average Bonchev–Trinajstić information content (AvgIpc) is 2.23. The van der Waals surface area contributed by atoms with Gasteiger partial charge in [0, 0.05) is 11.8 Å². The molecule has 0 rings (SSSR count). The van der Waals surface area contributed by atoms with Crippen LogP contribution < -0.4 is 5.32 Å². The summed E-state index contributed by atoms with van der Waals surface area (Å²) in [6.45, 7) is 8.04. The maximum atomic E-state index is 9.98. The van der Waals surface area contributed by atoms with E-state index >= 15 is 0 Å². The number of thioether (sulfide) groups is 1. The molecule has 1 unspecified atom stereocenters. The van der Waals surface area contributed by atoms with Gasteiger partial charge >= 0.3 is 0 Å². The summed E-state index contributed by atoms with van der Waals surface area (Å²) in [5.74, 6) is 0. The summed E-state index contributed by atoms with van der Waals surface area (Å²) in [5.41, 5.74) is -0.497. The molecule has 0 fully saturated rings. The Hall–Kier alpha value is 0.270. The smallest absolute Gasteiger partial charge is 0.0766 e. The molecule has 0 bridgehead atoms. The van der Waals surface area contributed by atoms with Crippen LogP contribution >= 0.6 is 11.8 Å². The minimum absolute atomic E-state index is 0.497. The number of hydrogen-bond acceptors (Lipinski definition) is 3. The highest BCUT2D eigenvalue weighted by atomic mass is 32.2. The minimum Gasteiger partial charge on any atom is -0.389 e. The lowest BCUT2D eigenvalue weighted by Gasteiger charge is -2.25. The van der Waals surface area contributed by atoms with Gasteiger partial charge in [0.05, 0.1) is 5.60 Å². The van der Waals surface area contributed by atoms with Gasteiger partial charge in [-0.05, 0) is 32.1 Å². The quantitative estimate of drug-likeness (QED) is 0.614. The normalized spacial score (nSPS) is 14.4. The summed E-state index contributed by atoms with van der Waals surface area (Å²) in [6.07, 6.45) is 4.97. The molecule has 0 aliphatic carbocycles. The fourth-order valence-corrected chi connectivity index (χ4v) is 1.60. The molecule has 0 aliphatic heterocycles. The maximum absolute atomic E-state index is 9.98. The highest BCUT2D eigenvalue weighted by molar-refractivity contribution is 7.99. The molecule has 0 saturated heterocycles. The van der Waals surface area contributed by atoms with Gasteiger partial charge in [-0.1, -0.05) is 20.8 Å². The Kier molecular flexibility index (Phi) is 7.69. The molecule has 0 heterocycles. The highest BCUT2D eigenvalue weighted by Gasteiger charge is 2.20. The number of hydrogen-bond donors (Lipinski definition) is 2. The molecule has 0 aromatic heterocycles. The van der Waals surface area contributed by atoms with E-state index in [1.807, 2.05) is 25.6 Å². The van der Waals surface area contributed by atoms with Crippen LogP contribution in [-0.4, -0.2) is 35.3 Å². The lowest BCUT2D eigenvalue weighted by Crippen LogP contribution is -2.40. The molecule has 14 heavy (non-hydrogen) atoms. The molecule has 0 aromatic rings. The second-order valence-electron chi connectivity index (χ2n) is 3.94. The van der Waals surface area contributed by atoms with Gasteiger partial charge in [-0.2, -0.15) is 11.8 Å². The Balaban J connectivity index is 3.52. The van der Waals surface area contributed by atoms with Gasteiger partial charge in [-0.25, -0.2) is 0 Å². The molecule has 3 heteroatoms. The second-order valence-corrected chi connectivity index (χ2v) is 5.22. The summed E-state index contributed by atoms with van der Waals surface area (Å²) < 4.78 is 0. The van der Waals surface area contributed by atoms with E-state index in [1.54, 1.807) is 0 Å². The lowest BCUT2D eigenvalue weighted by molar-refractivity contribution is 0.0327. The van der Waals surface area contributed by atoms with Crippen LogP contribution in [-0.2, 0) is 0 Å². The fraction of sp³-hybridized carbons (Fsp3) is 1.00. The van der Waals surface area contributed by atoms with E-state index in [2.05, 4.69) is 18.5 Å². The van der Waals surface area contributed by atoms with E-state index in [9.17, 15) is 5.11 Å². The Morgan fingerprint density at radius 2 is 1.93 bits per heavy atom. The summed E-state index contributed by atoms with van der Waals surface area (Å²) in [7, 11) is 0. The molecule has 0 aromatic carbocycles. The molecule has 0 amide bonds. The predicted molar refractivity (Wildman–Crippen MR) is 66.0 cm³/mol. The first-order chi connectivity index (χ1) is 6.58. The van der Waals surface area contributed by atoms with Gasteiger partial charge in [0.2, 0.25) is 0 Å². The van der Waals surface area contributed by atoms with Gasteiger partial charge in [-0.3, -0.25) is 0 Å². The lowest BCUT2D eigenvalue weighted by atomic mass is 9.98. The predicted octanol–water partition coefficient (Wildman–Crippen LogP) is 2.27. The van der Waals surface area contributed by atoms with Crippen molar-refractivity contribution in [1.29, 1.82) is 0 Å². The third kappa shape index (κ3) is 5.89. The van der Waals surface area contributed by atoms with Crippen molar-refractivity contribution in [3.63, 3.8) is 0 Å². The van der Waals surface area contributed by atoms with E-state index in [0.717, 1.165) is 25.9 Å². The van der Waals surface area contributed by atoms with Gasteiger partial charge < -0.3 is 10.4 Å². The topological polar surface area (TPSA) is 32.3 Å². The largest absolute Gasteiger partial charge is 0.389 e. The number of aliphatic hydroxyl groups is 1. The van der Waals surface area contributed by atoms with Crippen LogP contribution in [0.3, 0.4) is 0 Å². The SMILES string of the molecule is CCC(O)(CC)CNCCC(C)SC. The van der Waals surface area contributed by atoms with Gasteiger partial charge in [0.25, 0.3) is 0 Å². The molecule has 1 atom stereocenters. The molecule has 0 radical (unpaired) electrons. The molecule has 86 valence electrons. The fourth-order valence-electron chi connectivity index (χ4n) is 1.24. The van der Waals surface area contributed by atoms with E-state index in [-0.39, 0.29) is 0 Å². The van der Waals surface area contributed by atoms with Crippen molar-refractivity contribution in [1.82, 2.24) is 5.32 Å². The van der Waals surface area contributed by atoms with Crippen LogP contribution in [0.2, 0.25) is 0 Å². The first-order valence-electron chi connectivity index (χ1n) is 5.54. The number of rotatable bonds is 8. The molecule has 0 spiro atoms. The first kappa shape index (κ1) is 14.3. The molecular formula is C11H25NOS. The zero-order valence-corrected chi connectivity index (χ0v) is 10.8. The zero-order valence-electron chi connectivity index (χ0n) is 9.97. The van der Waals surface area contributed by atoms with Crippen molar-refractivity contribution in [2.24, 2.45) is 0 Å². The first-order valence-corrected chi connectivity index (χ1v) is 6.82. The Morgan fingerprint density at radius 1 is 1.36 bits per heavy atom. The van der Waals surface area contributed by atoms with E-state index in [0.29, 0.717) is 5.25 Å². The van der Waals surface area contributed by atoms with E-state index < -0.39 is 5.60 Å². The van der Waals surface area contributed by atoms with Gasteiger partial charge in [0.15, 0.2) is 0 Å². The van der Waals surface area contributed by atoms with Crippen LogP contribution in [0.25, 0.3) is 0 Å². The third-order valence-corrected chi connectivity index (χ3v) is 3.94. The minimum atomic E-state index is -0.497. The molecule has 0 saturated carbocycles. The summed E-state index contributed by atoms with van der Waals surface area (Å²) in [5, 5.41) is 14.0. The standard InChI is InChI=1S/C11H25NOS/c1-5-11(13,6-2)9-12-8-7-10(3)14-4/h10,12-13H,5-9H2,1-4H3. The van der Waals surface area contributed by atoms with Gasteiger partial charge in [0.1, 0.15) is 0 Å². The maximum Gasteiger partial charge on any atom is 0.0766 e. The van der Waals surface area contributed by atoms with E-state index in [1.165, 1.54) is 6.42 Å². The van der Waals surface area contributed by atoms with Crippen LogP contribution in [0.15, 0.2) is 0 Å². The molecule has 0 aliphatic rings. The van der Waals surface area contributed by atoms with Crippen LogP contribution in [0, 0.1) is 0 Å². The van der Waals surface area contributed by atoms with Crippen LogP contribution in [0.5, 0.6) is 0 Å². The number of nitrogens with one attached hydrogen (secondary N) is 1. The van der Waals surface area contributed by atoms with Crippen molar-refractivity contribution < 1.29 is 5.11 Å². The molecule has 2 nitrogen and oxygen atoms in total. The van der Waals surface area contributed by atoms with Gasteiger partial charge in [-0.15, -0.1) is 0 Å². The van der Waals surface area contributed by atoms with E-state index in [4.69, 9.17) is 0 Å². The second kappa shape index (κ2) is 7.55. The van der Waals surface area contributed by atoms with Crippen molar-refractivity contribution >= 4 is 11.8 Å². The van der Waals surface area contributed by atoms with Crippen LogP contribution in [0.1, 0.15) is 40.0 Å². The van der Waals surface area contributed by atoms with Crippen LogP contribution in [0.4, 0.5) is 0 Å². The van der Waals surface area contributed by atoms with Crippen molar-refractivity contribution in [2.75, 3.05) is 19.3 Å². The van der Waals surface area contributed by atoms with Crippen molar-refractivity contribution in [3.05, 3.63) is 0 Å².